The van der Waals surface area contributed by atoms with E-state index >= 15 is 0 Å². The number of aryl methyl sites for hydroxylation is 1. The largest absolute Gasteiger partial charge is 0.511 e. The number of halogens is 1. The Labute approximate surface area is 211 Å². The minimum absolute atomic E-state index is 0.00924. The van der Waals surface area contributed by atoms with E-state index in [0.717, 1.165) is 49.2 Å². The standard InChI is InChI=1S/C24H27ClN2O7S/c1-32-18-10-19(33-2)15(25)9-13(18)7-8-24(14-5-3-4-6-14)11-17(28)20(22(31)34-24)35-23-26-12-16(27-23)21(29)30/h9-10,12,14,28H,3-8,11H2,1-2H3,(H,26,27)(H,29,30). The lowest BCUT2D eigenvalue weighted by molar-refractivity contribution is -0.166. The molecule has 1 unspecified atom stereocenters. The second-order valence-electron chi connectivity index (χ2n) is 8.70. The van der Waals surface area contributed by atoms with Crippen LogP contribution < -0.4 is 9.47 Å². The molecule has 1 fully saturated rings. The van der Waals surface area contributed by atoms with Crippen LogP contribution in [0.15, 0.2) is 34.2 Å². The van der Waals surface area contributed by atoms with Gasteiger partial charge in [-0.3, -0.25) is 0 Å². The number of nitrogens with zero attached hydrogens (tertiary/aromatic N) is 1. The predicted molar refractivity (Wildman–Crippen MR) is 129 cm³/mol. The van der Waals surface area contributed by atoms with Crippen LogP contribution in [0.25, 0.3) is 0 Å². The Morgan fingerprint density at radius 3 is 2.60 bits per heavy atom. The fourth-order valence-corrected chi connectivity index (χ4v) is 5.93. The third-order valence-corrected chi connectivity index (χ3v) is 7.97. The van der Waals surface area contributed by atoms with Gasteiger partial charge in [-0.15, -0.1) is 0 Å². The summed E-state index contributed by atoms with van der Waals surface area (Å²) in [4.78, 5) is 30.8. The van der Waals surface area contributed by atoms with Crippen molar-refractivity contribution in [3.05, 3.63) is 45.3 Å². The second kappa shape index (κ2) is 10.4. The van der Waals surface area contributed by atoms with Gasteiger partial charge in [0.1, 0.15) is 33.5 Å². The molecule has 0 radical (unpaired) electrons. The van der Waals surface area contributed by atoms with E-state index in [0.29, 0.717) is 29.4 Å². The number of ether oxygens (including phenoxy) is 3. The van der Waals surface area contributed by atoms with E-state index in [2.05, 4.69) is 9.97 Å². The summed E-state index contributed by atoms with van der Waals surface area (Å²) in [5.74, 6) is -0.638. The maximum atomic E-state index is 13.1. The van der Waals surface area contributed by atoms with Crippen LogP contribution in [-0.2, 0) is 16.0 Å². The number of aliphatic hydroxyl groups excluding tert-OH is 1. The smallest absolute Gasteiger partial charge is 0.353 e. The highest BCUT2D eigenvalue weighted by molar-refractivity contribution is 8.03. The Balaban J connectivity index is 1.60. The molecule has 2 heterocycles. The molecule has 2 aliphatic rings. The molecule has 0 saturated heterocycles. The van der Waals surface area contributed by atoms with Crippen molar-refractivity contribution >= 4 is 35.3 Å². The number of aromatic carboxylic acids is 1. The number of imidazole rings is 1. The van der Waals surface area contributed by atoms with Crippen LogP contribution >= 0.6 is 23.4 Å². The first-order valence-corrected chi connectivity index (χ1v) is 12.5. The van der Waals surface area contributed by atoms with E-state index < -0.39 is 17.5 Å². The summed E-state index contributed by atoms with van der Waals surface area (Å²) in [6, 6.07) is 3.52. The number of aliphatic hydroxyl groups is 1. The Hall–Kier alpha value is -2.85. The van der Waals surface area contributed by atoms with Gasteiger partial charge in [0.05, 0.1) is 25.4 Å². The summed E-state index contributed by atoms with van der Waals surface area (Å²) >= 11 is 7.21. The lowest BCUT2D eigenvalue weighted by atomic mass is 9.77. The fourth-order valence-electron chi connectivity index (χ4n) is 4.90. The average Bonchev–Trinajstić information content (AvgIpc) is 3.53. The molecule has 188 valence electrons. The van der Waals surface area contributed by atoms with Crippen molar-refractivity contribution in [3.63, 3.8) is 0 Å². The molecule has 0 amide bonds. The molecule has 1 aromatic heterocycles. The molecule has 35 heavy (non-hydrogen) atoms. The normalized spacial score (nSPS) is 20.7. The number of cyclic esters (lactones) is 1. The number of hydrogen-bond acceptors (Lipinski definition) is 8. The zero-order valence-electron chi connectivity index (χ0n) is 19.4. The molecular formula is C24H27ClN2O7S. The van der Waals surface area contributed by atoms with Gasteiger partial charge in [0.2, 0.25) is 0 Å². The van der Waals surface area contributed by atoms with E-state index in [4.69, 9.17) is 30.9 Å². The molecular weight excluding hydrogens is 496 g/mol. The molecule has 4 rings (SSSR count). The van der Waals surface area contributed by atoms with Gasteiger partial charge in [0.15, 0.2) is 5.16 Å². The maximum absolute atomic E-state index is 13.1. The number of esters is 1. The Bertz CT molecular complexity index is 1160. The summed E-state index contributed by atoms with van der Waals surface area (Å²) in [5.41, 5.74) is -0.120. The fraction of sp³-hybridized carbons (Fsp3) is 0.458. The number of aromatic amines is 1. The van der Waals surface area contributed by atoms with Gasteiger partial charge in [-0.05, 0) is 55.0 Å². The third kappa shape index (κ3) is 5.23. The van der Waals surface area contributed by atoms with Crippen LogP contribution in [-0.4, -0.2) is 51.9 Å². The molecule has 0 bridgehead atoms. The number of methoxy groups -OCH3 is 2. The van der Waals surface area contributed by atoms with E-state index in [1.54, 1.807) is 19.2 Å². The van der Waals surface area contributed by atoms with E-state index in [1.807, 2.05) is 0 Å². The highest BCUT2D eigenvalue weighted by Gasteiger charge is 2.48. The number of hydrogen-bond donors (Lipinski definition) is 3. The topological polar surface area (TPSA) is 131 Å². The summed E-state index contributed by atoms with van der Waals surface area (Å²) in [6.45, 7) is 0. The van der Waals surface area contributed by atoms with Crippen LogP contribution in [0.5, 0.6) is 11.5 Å². The Morgan fingerprint density at radius 1 is 1.29 bits per heavy atom. The number of carbonyl (C=O) groups is 2. The molecule has 3 N–H and O–H groups in total. The number of benzene rings is 1. The first kappa shape index (κ1) is 25.2. The first-order chi connectivity index (χ1) is 16.8. The molecule has 1 saturated carbocycles. The van der Waals surface area contributed by atoms with Crippen LogP contribution in [0.3, 0.4) is 0 Å². The minimum Gasteiger partial charge on any atom is -0.511 e. The lowest BCUT2D eigenvalue weighted by Crippen LogP contribution is -2.45. The zero-order chi connectivity index (χ0) is 25.2. The Morgan fingerprint density at radius 2 is 2.00 bits per heavy atom. The Kier molecular flexibility index (Phi) is 7.51. The number of thioether (sulfide) groups is 1. The summed E-state index contributed by atoms with van der Waals surface area (Å²) in [6.07, 6.45) is 6.22. The van der Waals surface area contributed by atoms with Gasteiger partial charge < -0.3 is 29.4 Å². The average molecular weight is 523 g/mol. The van der Waals surface area contributed by atoms with Crippen molar-refractivity contribution in [1.82, 2.24) is 9.97 Å². The molecule has 1 atom stereocenters. The quantitative estimate of drug-likeness (QED) is 0.382. The SMILES string of the molecule is COc1cc(OC)c(CCC2(C3CCCC3)CC(O)=C(Sc3ncc(C(=O)O)[nH]3)C(=O)O2)cc1Cl. The molecule has 11 heteroatoms. The summed E-state index contributed by atoms with van der Waals surface area (Å²) in [5, 5.41) is 20.7. The number of nitrogens with one attached hydrogen (secondary N) is 1. The highest BCUT2D eigenvalue weighted by atomic mass is 35.5. The van der Waals surface area contributed by atoms with E-state index in [9.17, 15) is 14.7 Å². The van der Waals surface area contributed by atoms with Crippen molar-refractivity contribution in [2.24, 2.45) is 5.92 Å². The molecule has 1 aromatic carbocycles. The lowest BCUT2D eigenvalue weighted by Gasteiger charge is -2.41. The van der Waals surface area contributed by atoms with Crippen molar-refractivity contribution in [1.29, 1.82) is 0 Å². The van der Waals surface area contributed by atoms with Gasteiger partial charge in [-0.25, -0.2) is 14.6 Å². The monoisotopic (exact) mass is 522 g/mol. The summed E-state index contributed by atoms with van der Waals surface area (Å²) < 4.78 is 16.9. The molecule has 9 nitrogen and oxygen atoms in total. The molecule has 2 aromatic rings. The van der Waals surface area contributed by atoms with Crippen LogP contribution in [0.4, 0.5) is 0 Å². The van der Waals surface area contributed by atoms with Crippen molar-refractivity contribution in [2.75, 3.05) is 14.2 Å². The van der Waals surface area contributed by atoms with Crippen LogP contribution in [0.2, 0.25) is 5.02 Å². The highest BCUT2D eigenvalue weighted by Crippen LogP contribution is 2.48. The molecule has 0 spiro atoms. The van der Waals surface area contributed by atoms with Crippen LogP contribution in [0.1, 0.15) is 54.6 Å². The predicted octanol–water partition coefficient (Wildman–Crippen LogP) is 5.15. The van der Waals surface area contributed by atoms with Gasteiger partial charge in [0, 0.05) is 12.5 Å². The van der Waals surface area contributed by atoms with Gasteiger partial charge >= 0.3 is 11.9 Å². The third-order valence-electron chi connectivity index (χ3n) is 6.66. The van der Waals surface area contributed by atoms with Gasteiger partial charge in [0.25, 0.3) is 0 Å². The van der Waals surface area contributed by atoms with Crippen LogP contribution in [0, 0.1) is 5.92 Å². The van der Waals surface area contributed by atoms with E-state index in [-0.39, 0.29) is 33.9 Å². The molecule has 1 aliphatic carbocycles. The van der Waals surface area contributed by atoms with Gasteiger partial charge in [-0.2, -0.15) is 0 Å². The van der Waals surface area contributed by atoms with E-state index in [1.165, 1.54) is 7.11 Å². The van der Waals surface area contributed by atoms with Crippen molar-refractivity contribution in [3.8, 4) is 11.5 Å². The maximum Gasteiger partial charge on any atom is 0.353 e. The van der Waals surface area contributed by atoms with Gasteiger partial charge in [-0.1, -0.05) is 24.4 Å². The number of carboxylic acid groups (broad SMARTS) is 1. The van der Waals surface area contributed by atoms with Crippen molar-refractivity contribution < 1.29 is 34.0 Å². The number of carboxylic acids is 1. The number of carbonyl (C=O) groups excluding carboxylic acids is 1. The second-order valence-corrected chi connectivity index (χ2v) is 10.1. The minimum atomic E-state index is -1.16. The first-order valence-electron chi connectivity index (χ1n) is 11.3. The number of H-pyrrole nitrogens is 1. The molecule has 1 aliphatic heterocycles. The zero-order valence-corrected chi connectivity index (χ0v) is 21.0. The number of aromatic nitrogens is 2. The van der Waals surface area contributed by atoms with Crippen molar-refractivity contribution in [2.45, 2.75) is 55.7 Å². The number of rotatable bonds is 9. The summed E-state index contributed by atoms with van der Waals surface area (Å²) in [7, 11) is 3.11.